The number of nitrogens with zero attached hydrogens (tertiary/aromatic N) is 2. The van der Waals surface area contributed by atoms with Crippen molar-refractivity contribution in [3.8, 4) is 0 Å². The Kier molecular flexibility index (Phi) is 4.15. The zero-order chi connectivity index (χ0) is 11.4. The third-order valence-electron chi connectivity index (χ3n) is 3.46. The number of nitrogens with one attached hydrogen (secondary N) is 1. The zero-order valence-corrected chi connectivity index (χ0v) is 9.69. The summed E-state index contributed by atoms with van der Waals surface area (Å²) in [5, 5.41) is 12.1. The van der Waals surface area contributed by atoms with Crippen LogP contribution in [0.5, 0.6) is 0 Å². The van der Waals surface area contributed by atoms with Gasteiger partial charge in [0, 0.05) is 32.7 Å². The third kappa shape index (κ3) is 2.72. The number of hydrogen-bond donors (Lipinski definition) is 2. The molecule has 5 nitrogen and oxygen atoms in total. The maximum Gasteiger partial charge on any atom is 0.239 e. The van der Waals surface area contributed by atoms with Crippen molar-refractivity contribution in [2.75, 3.05) is 45.9 Å². The van der Waals surface area contributed by atoms with Gasteiger partial charge in [0.1, 0.15) is 0 Å². The monoisotopic (exact) mass is 227 g/mol. The van der Waals surface area contributed by atoms with Crippen LogP contribution in [0.25, 0.3) is 0 Å². The van der Waals surface area contributed by atoms with Crippen LogP contribution in [0, 0.1) is 0 Å². The summed E-state index contributed by atoms with van der Waals surface area (Å²) < 4.78 is 0. The van der Waals surface area contributed by atoms with Gasteiger partial charge in [-0.2, -0.15) is 0 Å². The van der Waals surface area contributed by atoms with Gasteiger partial charge < -0.3 is 15.3 Å². The first kappa shape index (κ1) is 11.8. The Morgan fingerprint density at radius 1 is 1.31 bits per heavy atom. The van der Waals surface area contributed by atoms with E-state index >= 15 is 0 Å². The minimum atomic E-state index is 0.0596. The predicted molar refractivity (Wildman–Crippen MR) is 61.1 cm³/mol. The predicted octanol–water partition coefficient (Wildman–Crippen LogP) is -1.13. The van der Waals surface area contributed by atoms with Crippen molar-refractivity contribution < 1.29 is 9.90 Å². The summed E-state index contributed by atoms with van der Waals surface area (Å²) in [6.07, 6.45) is 2.09. The average Bonchev–Trinajstić information content (AvgIpc) is 2.83. The van der Waals surface area contributed by atoms with E-state index in [-0.39, 0.29) is 18.6 Å². The van der Waals surface area contributed by atoms with Gasteiger partial charge in [-0.3, -0.25) is 9.69 Å². The molecule has 92 valence electrons. The molecule has 0 saturated carbocycles. The summed E-state index contributed by atoms with van der Waals surface area (Å²) in [5.74, 6) is 0.265. The molecule has 0 aromatic rings. The Balaban J connectivity index is 1.77. The molecule has 0 aliphatic carbocycles. The molecule has 0 unspecified atom stereocenters. The summed E-state index contributed by atoms with van der Waals surface area (Å²) in [4.78, 5) is 16.2. The lowest BCUT2D eigenvalue weighted by molar-refractivity contribution is -0.134. The summed E-state index contributed by atoms with van der Waals surface area (Å²) >= 11 is 0. The average molecular weight is 227 g/mol. The van der Waals surface area contributed by atoms with Crippen LogP contribution < -0.4 is 5.32 Å². The van der Waals surface area contributed by atoms with Crippen LogP contribution in [-0.4, -0.2) is 72.7 Å². The molecule has 2 aliphatic heterocycles. The van der Waals surface area contributed by atoms with E-state index in [0.717, 1.165) is 52.1 Å². The number of amides is 1. The normalized spacial score (nSPS) is 27.3. The molecule has 2 aliphatic rings. The molecular formula is C11H21N3O2. The Morgan fingerprint density at radius 3 is 2.62 bits per heavy atom. The summed E-state index contributed by atoms with van der Waals surface area (Å²) in [5.41, 5.74) is 0. The molecule has 1 atom stereocenters. The number of aliphatic hydroxyl groups is 1. The van der Waals surface area contributed by atoms with Crippen LogP contribution in [-0.2, 0) is 4.79 Å². The van der Waals surface area contributed by atoms with E-state index in [9.17, 15) is 4.79 Å². The number of carbonyl (C=O) groups excluding carboxylic acids is 1. The van der Waals surface area contributed by atoms with Crippen LogP contribution in [0.2, 0.25) is 0 Å². The summed E-state index contributed by atoms with van der Waals surface area (Å²) in [6, 6.07) is 0.0596. The molecule has 0 bridgehead atoms. The van der Waals surface area contributed by atoms with Crippen LogP contribution >= 0.6 is 0 Å². The molecule has 0 aromatic carbocycles. The minimum Gasteiger partial charge on any atom is -0.395 e. The molecule has 1 amide bonds. The first-order valence-corrected chi connectivity index (χ1v) is 6.16. The maximum atomic E-state index is 12.1. The van der Waals surface area contributed by atoms with E-state index in [1.54, 1.807) is 0 Å². The standard InChI is InChI=1S/C11H21N3O2/c15-9-8-13-4-6-14(7-5-13)11(16)10-2-1-3-12-10/h10,12,15H,1-9H2/t10-/m1/s1. The van der Waals surface area contributed by atoms with Crippen LogP contribution in [0.3, 0.4) is 0 Å². The summed E-state index contributed by atoms with van der Waals surface area (Å²) in [7, 11) is 0. The first-order chi connectivity index (χ1) is 7.81. The minimum absolute atomic E-state index is 0.0596. The van der Waals surface area contributed by atoms with Crippen molar-refractivity contribution in [2.45, 2.75) is 18.9 Å². The molecule has 2 N–H and O–H groups in total. The molecule has 2 fully saturated rings. The van der Waals surface area contributed by atoms with E-state index in [1.165, 1.54) is 0 Å². The Morgan fingerprint density at radius 2 is 2.06 bits per heavy atom. The summed E-state index contributed by atoms with van der Waals surface area (Å²) in [6.45, 7) is 5.29. The van der Waals surface area contributed by atoms with Crippen molar-refractivity contribution >= 4 is 5.91 Å². The van der Waals surface area contributed by atoms with Gasteiger partial charge in [-0.1, -0.05) is 0 Å². The largest absolute Gasteiger partial charge is 0.395 e. The number of β-amino-alcohol motifs (C(OH)–C–C–N with tert-alkyl or cyclic N) is 1. The van der Waals surface area contributed by atoms with Gasteiger partial charge in [0.05, 0.1) is 12.6 Å². The molecule has 0 aromatic heterocycles. The maximum absolute atomic E-state index is 12.1. The molecule has 16 heavy (non-hydrogen) atoms. The van der Waals surface area contributed by atoms with Crippen molar-refractivity contribution in [3.63, 3.8) is 0 Å². The van der Waals surface area contributed by atoms with Crippen LogP contribution in [0.4, 0.5) is 0 Å². The molecule has 2 rings (SSSR count). The van der Waals surface area contributed by atoms with Crippen molar-refractivity contribution in [3.05, 3.63) is 0 Å². The second kappa shape index (κ2) is 5.61. The van der Waals surface area contributed by atoms with E-state index < -0.39 is 0 Å². The van der Waals surface area contributed by atoms with Crippen molar-refractivity contribution in [2.24, 2.45) is 0 Å². The van der Waals surface area contributed by atoms with Gasteiger partial charge in [0.2, 0.25) is 5.91 Å². The van der Waals surface area contributed by atoms with E-state index in [1.807, 2.05) is 4.90 Å². The fraction of sp³-hybridized carbons (Fsp3) is 0.909. The molecule has 0 spiro atoms. The van der Waals surface area contributed by atoms with Crippen molar-refractivity contribution in [1.82, 2.24) is 15.1 Å². The Hall–Kier alpha value is -0.650. The second-order valence-electron chi connectivity index (χ2n) is 4.54. The highest BCUT2D eigenvalue weighted by Gasteiger charge is 2.28. The molecule has 2 saturated heterocycles. The van der Waals surface area contributed by atoms with Gasteiger partial charge in [-0.05, 0) is 19.4 Å². The Labute approximate surface area is 96.4 Å². The van der Waals surface area contributed by atoms with E-state index in [0.29, 0.717) is 0 Å². The lowest BCUT2D eigenvalue weighted by Gasteiger charge is -2.35. The third-order valence-corrected chi connectivity index (χ3v) is 3.46. The number of piperazine rings is 1. The van der Waals surface area contributed by atoms with E-state index in [4.69, 9.17) is 5.11 Å². The number of hydrogen-bond acceptors (Lipinski definition) is 4. The van der Waals surface area contributed by atoms with Gasteiger partial charge in [-0.25, -0.2) is 0 Å². The highest BCUT2D eigenvalue weighted by atomic mass is 16.3. The quantitative estimate of drug-likeness (QED) is 0.641. The van der Waals surface area contributed by atoms with Crippen LogP contribution in [0.15, 0.2) is 0 Å². The second-order valence-corrected chi connectivity index (χ2v) is 4.54. The lowest BCUT2D eigenvalue weighted by Crippen LogP contribution is -2.53. The van der Waals surface area contributed by atoms with Crippen molar-refractivity contribution in [1.29, 1.82) is 0 Å². The smallest absolute Gasteiger partial charge is 0.239 e. The lowest BCUT2D eigenvalue weighted by atomic mass is 10.2. The number of rotatable bonds is 3. The van der Waals surface area contributed by atoms with Gasteiger partial charge in [0.15, 0.2) is 0 Å². The fourth-order valence-electron chi connectivity index (χ4n) is 2.45. The zero-order valence-electron chi connectivity index (χ0n) is 9.69. The first-order valence-electron chi connectivity index (χ1n) is 6.16. The van der Waals surface area contributed by atoms with Crippen LogP contribution in [0.1, 0.15) is 12.8 Å². The molecule has 2 heterocycles. The number of carbonyl (C=O) groups is 1. The number of aliphatic hydroxyl groups excluding tert-OH is 1. The van der Waals surface area contributed by atoms with Gasteiger partial charge >= 0.3 is 0 Å². The SMILES string of the molecule is O=C([C@H]1CCCN1)N1CCN(CCO)CC1. The topological polar surface area (TPSA) is 55.8 Å². The molecule has 5 heteroatoms. The van der Waals surface area contributed by atoms with Gasteiger partial charge in [-0.15, -0.1) is 0 Å². The fourth-order valence-corrected chi connectivity index (χ4v) is 2.45. The van der Waals surface area contributed by atoms with Gasteiger partial charge in [0.25, 0.3) is 0 Å². The highest BCUT2D eigenvalue weighted by molar-refractivity contribution is 5.82. The Bertz CT molecular complexity index is 233. The highest BCUT2D eigenvalue weighted by Crippen LogP contribution is 2.10. The molecular weight excluding hydrogens is 206 g/mol. The van der Waals surface area contributed by atoms with E-state index in [2.05, 4.69) is 10.2 Å². The molecule has 0 radical (unpaired) electrons.